The Hall–Kier alpha value is -2.02. The minimum Gasteiger partial charge on any atom is -0.496 e. The fourth-order valence-electron chi connectivity index (χ4n) is 2.33. The number of hydrogen-bond acceptors (Lipinski definition) is 5. The van der Waals surface area contributed by atoms with Gasteiger partial charge in [-0.15, -0.1) is 0 Å². The number of hydrogen-bond donors (Lipinski definition) is 1. The maximum atomic E-state index is 12.7. The number of nitrogens with one attached hydrogen (secondary N) is 1. The molecule has 1 aliphatic rings. The number of amides is 1. The minimum atomic E-state index is -0.138. The molecule has 1 amide bonds. The number of benzene rings is 2. The summed E-state index contributed by atoms with van der Waals surface area (Å²) in [6, 6.07) is 14.9. The Balaban J connectivity index is 1.76. The van der Waals surface area contributed by atoms with Gasteiger partial charge in [0.25, 0.3) is 5.91 Å². The molecule has 1 N–H and O–H groups in total. The highest BCUT2D eigenvalue weighted by atomic mass is 35.5. The summed E-state index contributed by atoms with van der Waals surface area (Å²) in [6.07, 6.45) is 1.80. The van der Waals surface area contributed by atoms with Gasteiger partial charge < -0.3 is 10.1 Å². The molecule has 0 radical (unpaired) electrons. The molecular weight excluding hydrogens is 376 g/mol. The van der Waals surface area contributed by atoms with Crippen LogP contribution < -0.4 is 10.1 Å². The summed E-state index contributed by atoms with van der Waals surface area (Å²) >= 11 is 12.7. The SMILES string of the molecule is COc1ccccc1/C=C1\SC(=S)N(CNc2ccccc2Cl)C1=O. The van der Waals surface area contributed by atoms with Crippen LogP contribution in [0.3, 0.4) is 0 Å². The van der Waals surface area contributed by atoms with Crippen LogP contribution in [0.5, 0.6) is 5.75 Å². The summed E-state index contributed by atoms with van der Waals surface area (Å²) in [5.41, 5.74) is 1.59. The van der Waals surface area contributed by atoms with Gasteiger partial charge in [0.1, 0.15) is 10.1 Å². The fourth-order valence-corrected chi connectivity index (χ4v) is 3.78. The molecule has 4 nitrogen and oxygen atoms in total. The molecule has 0 unspecified atom stereocenters. The summed E-state index contributed by atoms with van der Waals surface area (Å²) in [4.78, 5) is 14.7. The third-order valence-electron chi connectivity index (χ3n) is 3.60. The maximum absolute atomic E-state index is 12.7. The van der Waals surface area contributed by atoms with Crippen molar-refractivity contribution >= 4 is 57.6 Å². The van der Waals surface area contributed by atoms with Crippen molar-refractivity contribution in [2.45, 2.75) is 0 Å². The Kier molecular flexibility index (Phi) is 5.63. The zero-order chi connectivity index (χ0) is 17.8. The van der Waals surface area contributed by atoms with Crippen molar-refractivity contribution in [2.75, 3.05) is 19.1 Å². The molecule has 3 rings (SSSR count). The molecule has 2 aromatic rings. The largest absolute Gasteiger partial charge is 0.496 e. The molecule has 0 aromatic heterocycles. The number of methoxy groups -OCH3 is 1. The number of anilines is 1. The molecule has 128 valence electrons. The van der Waals surface area contributed by atoms with E-state index >= 15 is 0 Å². The van der Waals surface area contributed by atoms with Gasteiger partial charge in [-0.1, -0.05) is 65.9 Å². The van der Waals surface area contributed by atoms with E-state index < -0.39 is 0 Å². The zero-order valence-electron chi connectivity index (χ0n) is 13.4. The molecule has 0 bridgehead atoms. The lowest BCUT2D eigenvalue weighted by atomic mass is 10.2. The number of carbonyl (C=O) groups is 1. The Labute approximate surface area is 160 Å². The van der Waals surface area contributed by atoms with E-state index in [1.54, 1.807) is 19.3 Å². The van der Waals surface area contributed by atoms with Crippen LogP contribution in [0.1, 0.15) is 5.56 Å². The highest BCUT2D eigenvalue weighted by molar-refractivity contribution is 8.26. The van der Waals surface area contributed by atoms with E-state index in [4.69, 9.17) is 28.6 Å². The number of ether oxygens (including phenoxy) is 1. The molecule has 2 aromatic carbocycles. The quantitative estimate of drug-likeness (QED) is 0.596. The lowest BCUT2D eigenvalue weighted by Crippen LogP contribution is -2.33. The van der Waals surface area contributed by atoms with Gasteiger partial charge in [0.15, 0.2) is 0 Å². The van der Waals surface area contributed by atoms with Crippen molar-refractivity contribution in [1.29, 1.82) is 0 Å². The van der Waals surface area contributed by atoms with Crippen molar-refractivity contribution in [2.24, 2.45) is 0 Å². The maximum Gasteiger partial charge on any atom is 0.267 e. The fraction of sp³-hybridized carbons (Fsp3) is 0.111. The highest BCUT2D eigenvalue weighted by Gasteiger charge is 2.32. The molecule has 1 aliphatic heterocycles. The summed E-state index contributed by atoms with van der Waals surface area (Å²) in [7, 11) is 1.60. The molecule has 7 heteroatoms. The van der Waals surface area contributed by atoms with Gasteiger partial charge in [0.2, 0.25) is 0 Å². The summed E-state index contributed by atoms with van der Waals surface area (Å²) < 4.78 is 5.83. The molecule has 1 heterocycles. The third-order valence-corrected chi connectivity index (χ3v) is 5.31. The summed E-state index contributed by atoms with van der Waals surface area (Å²) in [5.74, 6) is 0.572. The van der Waals surface area contributed by atoms with Gasteiger partial charge in [-0.2, -0.15) is 0 Å². The van der Waals surface area contributed by atoms with E-state index in [1.165, 1.54) is 16.7 Å². The van der Waals surface area contributed by atoms with Gasteiger partial charge in [0, 0.05) is 5.56 Å². The Morgan fingerprint density at radius 2 is 1.96 bits per heavy atom. The molecule has 0 aliphatic carbocycles. The molecule has 0 spiro atoms. The summed E-state index contributed by atoms with van der Waals surface area (Å²) in [6.45, 7) is 0.262. The van der Waals surface area contributed by atoms with E-state index in [9.17, 15) is 4.79 Å². The standard InChI is InChI=1S/C18H15ClN2O2S2/c1-23-15-9-5-2-6-12(15)10-16-17(22)21(18(24)25-16)11-20-14-8-4-3-7-13(14)19/h2-10,20H,11H2,1H3/b16-10-. The van der Waals surface area contributed by atoms with Crippen molar-refractivity contribution in [3.05, 3.63) is 64.0 Å². The second-order valence-corrected chi connectivity index (χ2v) is 7.25. The smallest absolute Gasteiger partial charge is 0.267 e. The molecule has 1 fully saturated rings. The van der Waals surface area contributed by atoms with E-state index in [0.717, 1.165) is 11.3 Å². The Morgan fingerprint density at radius 1 is 1.24 bits per heavy atom. The first-order chi connectivity index (χ1) is 12.1. The van der Waals surface area contributed by atoms with Gasteiger partial charge >= 0.3 is 0 Å². The number of halogens is 1. The highest BCUT2D eigenvalue weighted by Crippen LogP contribution is 2.34. The van der Waals surface area contributed by atoms with Crippen LogP contribution in [0.25, 0.3) is 6.08 Å². The number of rotatable bonds is 5. The Morgan fingerprint density at radius 3 is 2.72 bits per heavy atom. The van der Waals surface area contributed by atoms with Crippen molar-refractivity contribution in [3.8, 4) is 5.75 Å². The normalized spacial score (nSPS) is 15.8. The van der Waals surface area contributed by atoms with Crippen molar-refractivity contribution in [3.63, 3.8) is 0 Å². The van der Waals surface area contributed by atoms with E-state index in [-0.39, 0.29) is 12.6 Å². The number of para-hydroxylation sites is 2. The number of thiocarbonyl (C=S) groups is 1. The minimum absolute atomic E-state index is 0.138. The van der Waals surface area contributed by atoms with Crippen LogP contribution in [0.15, 0.2) is 53.4 Å². The van der Waals surface area contributed by atoms with Gasteiger partial charge in [0.05, 0.1) is 29.4 Å². The van der Waals surface area contributed by atoms with Crippen LogP contribution in [0.4, 0.5) is 5.69 Å². The average molecular weight is 391 g/mol. The van der Waals surface area contributed by atoms with Crippen LogP contribution in [-0.2, 0) is 4.79 Å². The van der Waals surface area contributed by atoms with Gasteiger partial charge in [-0.05, 0) is 24.3 Å². The molecule has 0 atom stereocenters. The summed E-state index contributed by atoms with van der Waals surface area (Å²) in [5, 5.41) is 3.74. The van der Waals surface area contributed by atoms with E-state index in [1.807, 2.05) is 42.5 Å². The lowest BCUT2D eigenvalue weighted by Gasteiger charge is -2.16. The zero-order valence-corrected chi connectivity index (χ0v) is 15.8. The molecule has 25 heavy (non-hydrogen) atoms. The molecular formula is C18H15ClN2O2S2. The second kappa shape index (κ2) is 7.91. The first-order valence-electron chi connectivity index (χ1n) is 7.47. The third kappa shape index (κ3) is 3.98. The van der Waals surface area contributed by atoms with Crippen molar-refractivity contribution < 1.29 is 9.53 Å². The number of thioether (sulfide) groups is 1. The predicted molar refractivity (Wildman–Crippen MR) is 108 cm³/mol. The average Bonchev–Trinajstić information content (AvgIpc) is 2.88. The number of carbonyl (C=O) groups excluding carboxylic acids is 1. The second-order valence-electron chi connectivity index (χ2n) is 5.17. The van der Waals surface area contributed by atoms with Crippen LogP contribution >= 0.6 is 35.6 Å². The van der Waals surface area contributed by atoms with E-state index in [0.29, 0.717) is 20.0 Å². The molecule has 1 saturated heterocycles. The predicted octanol–water partition coefficient (Wildman–Crippen LogP) is 4.62. The van der Waals surface area contributed by atoms with Crippen LogP contribution in [-0.4, -0.2) is 28.9 Å². The first kappa shape index (κ1) is 17.8. The Bertz CT molecular complexity index is 854. The van der Waals surface area contributed by atoms with E-state index in [2.05, 4.69) is 5.32 Å². The van der Waals surface area contributed by atoms with Gasteiger partial charge in [-0.3, -0.25) is 9.69 Å². The lowest BCUT2D eigenvalue weighted by molar-refractivity contribution is -0.121. The monoisotopic (exact) mass is 390 g/mol. The van der Waals surface area contributed by atoms with Crippen LogP contribution in [0.2, 0.25) is 5.02 Å². The van der Waals surface area contributed by atoms with Crippen molar-refractivity contribution in [1.82, 2.24) is 4.90 Å². The first-order valence-corrected chi connectivity index (χ1v) is 9.07. The van der Waals surface area contributed by atoms with Crippen LogP contribution in [0, 0.1) is 0 Å². The molecule has 0 saturated carbocycles. The van der Waals surface area contributed by atoms with Gasteiger partial charge in [-0.25, -0.2) is 0 Å². The number of nitrogens with zero attached hydrogens (tertiary/aromatic N) is 1. The topological polar surface area (TPSA) is 41.6 Å².